The molecule has 1 aromatic carbocycles. The quantitative estimate of drug-likeness (QED) is 0.613. The number of nitrogens with one attached hydrogen (secondary N) is 1. The maximum absolute atomic E-state index is 12.6. The Morgan fingerprint density at radius 2 is 1.69 bits per heavy atom. The van der Waals surface area contributed by atoms with Crippen LogP contribution >= 0.6 is 0 Å². The molecule has 0 radical (unpaired) electrons. The minimum atomic E-state index is -5.08. The Hall–Kier alpha value is -2.10. The van der Waals surface area contributed by atoms with E-state index in [0.717, 1.165) is 31.6 Å². The number of carboxylic acids is 1. The summed E-state index contributed by atoms with van der Waals surface area (Å²) >= 11 is 0. The second-order valence-corrected chi connectivity index (χ2v) is 5.79. The zero-order valence-corrected chi connectivity index (χ0v) is 13.7. The van der Waals surface area contributed by atoms with Crippen molar-refractivity contribution in [3.05, 3.63) is 34.9 Å². The highest BCUT2D eigenvalue weighted by atomic mass is 19.4. The van der Waals surface area contributed by atoms with Crippen LogP contribution in [-0.2, 0) is 17.4 Å². The number of hydrogen-bond acceptors (Lipinski definition) is 3. The molecule has 0 aliphatic carbocycles. The van der Waals surface area contributed by atoms with Gasteiger partial charge in [0.05, 0.1) is 5.56 Å². The molecule has 1 saturated heterocycles. The Kier molecular flexibility index (Phi) is 7.19. The average molecular weight is 385 g/mol. The van der Waals surface area contributed by atoms with E-state index in [1.54, 1.807) is 0 Å². The lowest BCUT2D eigenvalue weighted by Gasteiger charge is -2.27. The number of carbonyl (C=O) groups excluding carboxylic acids is 1. The summed E-state index contributed by atoms with van der Waals surface area (Å²) in [5.74, 6) is -2.50. The van der Waals surface area contributed by atoms with Crippen molar-refractivity contribution in [1.82, 2.24) is 5.32 Å². The third-order valence-corrected chi connectivity index (χ3v) is 3.75. The number of aliphatic carboxylic acids is 1. The predicted molar refractivity (Wildman–Crippen MR) is 79.8 cm³/mol. The first kappa shape index (κ1) is 21.9. The topological polar surface area (TPSA) is 66.4 Å². The van der Waals surface area contributed by atoms with Crippen LogP contribution in [0.2, 0.25) is 0 Å². The van der Waals surface area contributed by atoms with E-state index >= 15 is 0 Å². The molecule has 0 unspecified atom stereocenters. The molecule has 0 aromatic heterocycles. The Bertz CT molecular complexity index is 650. The highest BCUT2D eigenvalue weighted by Crippen LogP contribution is 2.31. The largest absolute Gasteiger partial charge is 0.490 e. The standard InChI is InChI=1S/C14H16F3NO.C2HF3O2/c1-9(19)13-6-12(14(15,16)17)5-4-11(13)3-2-10-7-18-8-10;3-2(4,5)1(6)7/h4-6,10,18H,2-3,7-8H2,1H3;(H,6,7). The van der Waals surface area contributed by atoms with E-state index in [2.05, 4.69) is 5.32 Å². The van der Waals surface area contributed by atoms with Crippen LogP contribution in [0.25, 0.3) is 0 Å². The maximum Gasteiger partial charge on any atom is 0.490 e. The van der Waals surface area contributed by atoms with Gasteiger partial charge in [0.2, 0.25) is 0 Å². The summed E-state index contributed by atoms with van der Waals surface area (Å²) in [5.41, 5.74) is 0.154. The molecule has 2 N–H and O–H groups in total. The molecule has 0 atom stereocenters. The number of rotatable bonds is 4. The molecule has 0 spiro atoms. The summed E-state index contributed by atoms with van der Waals surface area (Å²) in [6.45, 7) is 3.22. The van der Waals surface area contributed by atoms with E-state index in [0.29, 0.717) is 17.9 Å². The van der Waals surface area contributed by atoms with Crippen LogP contribution in [0.15, 0.2) is 18.2 Å². The van der Waals surface area contributed by atoms with Gasteiger partial charge in [0.25, 0.3) is 0 Å². The van der Waals surface area contributed by atoms with Crippen molar-refractivity contribution in [3.8, 4) is 0 Å². The van der Waals surface area contributed by atoms with Gasteiger partial charge in [-0.1, -0.05) is 6.07 Å². The van der Waals surface area contributed by atoms with Crippen LogP contribution in [0.5, 0.6) is 0 Å². The van der Waals surface area contributed by atoms with Crippen molar-refractivity contribution in [2.75, 3.05) is 13.1 Å². The summed E-state index contributed by atoms with van der Waals surface area (Å²) in [5, 5.41) is 10.3. The normalized spacial score (nSPS) is 14.9. The van der Waals surface area contributed by atoms with Crippen LogP contribution in [0, 0.1) is 5.92 Å². The molecule has 0 amide bonds. The minimum Gasteiger partial charge on any atom is -0.475 e. The van der Waals surface area contributed by atoms with E-state index in [1.807, 2.05) is 0 Å². The van der Waals surface area contributed by atoms with E-state index in [9.17, 15) is 31.1 Å². The third kappa shape index (κ3) is 6.66. The molecular formula is C16H17F6NO3. The molecule has 1 aromatic rings. The molecule has 0 bridgehead atoms. The second kappa shape index (κ2) is 8.52. The number of aryl methyl sites for hydroxylation is 1. The van der Waals surface area contributed by atoms with Crippen molar-refractivity contribution < 1.29 is 41.0 Å². The first-order chi connectivity index (χ1) is 11.8. The zero-order valence-electron chi connectivity index (χ0n) is 13.7. The van der Waals surface area contributed by atoms with Gasteiger partial charge in [0.15, 0.2) is 5.78 Å². The van der Waals surface area contributed by atoms with Gasteiger partial charge in [-0.25, -0.2) is 4.79 Å². The summed E-state index contributed by atoms with van der Waals surface area (Å²) in [6, 6.07) is 3.46. The lowest BCUT2D eigenvalue weighted by atomic mass is 9.91. The molecule has 146 valence electrons. The second-order valence-electron chi connectivity index (χ2n) is 5.79. The minimum absolute atomic E-state index is 0.196. The molecule has 4 nitrogen and oxygen atoms in total. The van der Waals surface area contributed by atoms with Crippen LogP contribution < -0.4 is 5.32 Å². The van der Waals surface area contributed by atoms with Gasteiger partial charge in [-0.3, -0.25) is 4.79 Å². The molecule has 26 heavy (non-hydrogen) atoms. The summed E-state index contributed by atoms with van der Waals surface area (Å²) in [4.78, 5) is 20.4. The van der Waals surface area contributed by atoms with Gasteiger partial charge in [-0.05, 0) is 56.5 Å². The van der Waals surface area contributed by atoms with E-state index in [-0.39, 0.29) is 11.3 Å². The molecular weight excluding hydrogens is 368 g/mol. The van der Waals surface area contributed by atoms with Gasteiger partial charge in [-0.15, -0.1) is 0 Å². The van der Waals surface area contributed by atoms with Crippen molar-refractivity contribution in [2.45, 2.75) is 32.1 Å². The van der Waals surface area contributed by atoms with Gasteiger partial charge in [0.1, 0.15) is 0 Å². The first-order valence-corrected chi connectivity index (χ1v) is 7.54. The summed E-state index contributed by atoms with van der Waals surface area (Å²) < 4.78 is 69.6. The number of hydrogen-bond donors (Lipinski definition) is 2. The van der Waals surface area contributed by atoms with Gasteiger partial charge < -0.3 is 10.4 Å². The summed E-state index contributed by atoms with van der Waals surface area (Å²) in [7, 11) is 0. The molecule has 1 heterocycles. The molecule has 0 saturated carbocycles. The highest BCUT2D eigenvalue weighted by Gasteiger charge is 2.38. The Labute approximate surface area is 145 Å². The Morgan fingerprint density at radius 1 is 1.15 bits per heavy atom. The summed E-state index contributed by atoms with van der Waals surface area (Å²) in [6.07, 6.45) is -7.93. The highest BCUT2D eigenvalue weighted by molar-refractivity contribution is 5.95. The first-order valence-electron chi connectivity index (χ1n) is 7.54. The molecule has 1 fully saturated rings. The van der Waals surface area contributed by atoms with Crippen molar-refractivity contribution in [2.24, 2.45) is 5.92 Å². The number of ketones is 1. The fourth-order valence-electron chi connectivity index (χ4n) is 2.21. The van der Waals surface area contributed by atoms with Crippen LogP contribution in [-0.4, -0.2) is 36.1 Å². The number of carbonyl (C=O) groups is 2. The van der Waals surface area contributed by atoms with Crippen LogP contribution in [0.1, 0.15) is 34.8 Å². The smallest absolute Gasteiger partial charge is 0.475 e. The number of carboxylic acid groups (broad SMARTS) is 1. The molecule has 10 heteroatoms. The molecule has 1 aliphatic heterocycles. The SMILES string of the molecule is CC(=O)c1cc(C(F)(F)F)ccc1CCC1CNC1.O=C(O)C(F)(F)F. The fraction of sp³-hybridized carbons (Fsp3) is 0.500. The number of Topliss-reactive ketones (excluding diaryl/α,β-unsaturated/α-hetero) is 1. The Morgan fingerprint density at radius 3 is 2.04 bits per heavy atom. The monoisotopic (exact) mass is 385 g/mol. The average Bonchev–Trinajstić information content (AvgIpc) is 2.44. The van der Waals surface area contributed by atoms with E-state index in [1.165, 1.54) is 13.0 Å². The van der Waals surface area contributed by atoms with Gasteiger partial charge in [-0.2, -0.15) is 26.3 Å². The number of halogens is 6. The van der Waals surface area contributed by atoms with Crippen molar-refractivity contribution >= 4 is 11.8 Å². The number of alkyl halides is 6. The van der Waals surface area contributed by atoms with Gasteiger partial charge >= 0.3 is 18.3 Å². The molecule has 2 rings (SSSR count). The van der Waals surface area contributed by atoms with Crippen LogP contribution in [0.3, 0.4) is 0 Å². The fourth-order valence-corrected chi connectivity index (χ4v) is 2.21. The van der Waals surface area contributed by atoms with E-state index < -0.39 is 23.9 Å². The molecule has 1 aliphatic rings. The predicted octanol–water partition coefficient (Wildman–Crippen LogP) is 3.69. The zero-order chi connectivity index (χ0) is 20.1. The van der Waals surface area contributed by atoms with Gasteiger partial charge in [0, 0.05) is 5.56 Å². The maximum atomic E-state index is 12.6. The van der Waals surface area contributed by atoms with E-state index in [4.69, 9.17) is 9.90 Å². The Balaban J connectivity index is 0.000000412. The lowest BCUT2D eigenvalue weighted by molar-refractivity contribution is -0.192. The van der Waals surface area contributed by atoms with Crippen molar-refractivity contribution in [3.63, 3.8) is 0 Å². The van der Waals surface area contributed by atoms with Crippen LogP contribution in [0.4, 0.5) is 26.3 Å². The lowest BCUT2D eigenvalue weighted by Crippen LogP contribution is -2.42. The number of benzene rings is 1. The third-order valence-electron chi connectivity index (χ3n) is 3.75. The van der Waals surface area contributed by atoms with Crippen molar-refractivity contribution in [1.29, 1.82) is 0 Å².